The van der Waals surface area contributed by atoms with Gasteiger partial charge in [-0.2, -0.15) is 0 Å². The summed E-state index contributed by atoms with van der Waals surface area (Å²) >= 11 is 0. The van der Waals surface area contributed by atoms with Gasteiger partial charge in [0, 0.05) is 11.9 Å². The van der Waals surface area contributed by atoms with E-state index in [-0.39, 0.29) is 16.8 Å². The van der Waals surface area contributed by atoms with Gasteiger partial charge in [-0.3, -0.25) is 9.59 Å². The molecule has 0 bridgehead atoms. The van der Waals surface area contributed by atoms with Crippen LogP contribution in [0.2, 0.25) is 0 Å². The van der Waals surface area contributed by atoms with Crippen molar-refractivity contribution in [3.05, 3.63) is 95.4 Å². The maximum atomic E-state index is 14.8. The number of nitrogens with zero attached hydrogens (tertiary/aromatic N) is 2. The van der Waals surface area contributed by atoms with Crippen molar-refractivity contribution in [2.24, 2.45) is 5.73 Å². The second-order valence-corrected chi connectivity index (χ2v) is 7.31. The topological polar surface area (TPSA) is 114 Å². The van der Waals surface area contributed by atoms with Crippen molar-refractivity contribution < 1.29 is 18.4 Å². The second kappa shape index (κ2) is 7.79. The summed E-state index contributed by atoms with van der Waals surface area (Å²) in [5.74, 6) is -4.24. The largest absolute Gasteiger partial charge is 0.366 e. The highest BCUT2D eigenvalue weighted by molar-refractivity contribution is 6.19. The summed E-state index contributed by atoms with van der Waals surface area (Å²) in [6, 6.07) is 15.2. The molecule has 7 nitrogen and oxygen atoms in total. The molecule has 0 unspecified atom stereocenters. The molecule has 0 radical (unpaired) electrons. The minimum Gasteiger partial charge on any atom is -0.366 e. The number of benzene rings is 3. The number of carbonyl (C=O) groups is 2. The number of rotatable bonds is 5. The molecule has 5 aromatic rings. The third kappa shape index (κ3) is 3.45. The number of aromatic nitrogens is 3. The van der Waals surface area contributed by atoms with Crippen molar-refractivity contribution in [1.82, 2.24) is 15.0 Å². The Kier molecular flexibility index (Phi) is 4.78. The van der Waals surface area contributed by atoms with E-state index in [1.54, 1.807) is 0 Å². The summed E-state index contributed by atoms with van der Waals surface area (Å²) in [5.41, 5.74) is 4.61. The van der Waals surface area contributed by atoms with Crippen LogP contribution in [0.15, 0.2) is 67.1 Å². The molecule has 0 saturated carbocycles. The van der Waals surface area contributed by atoms with Crippen LogP contribution in [0.3, 0.4) is 0 Å². The van der Waals surface area contributed by atoms with E-state index in [4.69, 9.17) is 5.73 Å². The van der Waals surface area contributed by atoms with Gasteiger partial charge in [0.25, 0.3) is 5.91 Å². The van der Waals surface area contributed by atoms with E-state index in [1.165, 1.54) is 12.5 Å². The van der Waals surface area contributed by atoms with Crippen molar-refractivity contribution in [1.29, 1.82) is 0 Å². The standard InChI is InChI=1S/C24H15F2N5O2/c25-17-8-7-15(22(27)33)20(26)19(17)21(32)16-10-28-23-18(16)24(30-11-29-23)31-14-6-5-12-3-1-2-4-13(12)9-14/h1-11H,(H2,27,33)(H2,28,29,30,31). The number of ketones is 1. The lowest BCUT2D eigenvalue weighted by Crippen LogP contribution is -2.17. The fraction of sp³-hybridized carbons (Fsp3) is 0. The molecule has 3 aromatic carbocycles. The molecule has 0 atom stereocenters. The summed E-state index contributed by atoms with van der Waals surface area (Å²) in [7, 11) is 0. The van der Waals surface area contributed by atoms with Gasteiger partial charge in [-0.25, -0.2) is 18.7 Å². The number of carbonyl (C=O) groups excluding carboxylic acids is 2. The van der Waals surface area contributed by atoms with Gasteiger partial charge in [-0.15, -0.1) is 0 Å². The number of primary amides is 1. The van der Waals surface area contributed by atoms with Gasteiger partial charge in [0.05, 0.1) is 22.1 Å². The molecule has 0 fully saturated rings. The van der Waals surface area contributed by atoms with E-state index in [9.17, 15) is 18.4 Å². The molecule has 0 aliphatic heterocycles. The number of amides is 1. The zero-order valence-corrected chi connectivity index (χ0v) is 16.9. The maximum absolute atomic E-state index is 14.8. The molecule has 0 saturated heterocycles. The molecule has 9 heteroatoms. The summed E-state index contributed by atoms with van der Waals surface area (Å²) < 4.78 is 29.3. The number of hydrogen-bond donors (Lipinski definition) is 3. The van der Waals surface area contributed by atoms with Crippen LogP contribution >= 0.6 is 0 Å². The van der Waals surface area contributed by atoms with Gasteiger partial charge in [0.1, 0.15) is 29.4 Å². The number of anilines is 2. The first-order chi connectivity index (χ1) is 15.9. The third-order valence-electron chi connectivity index (χ3n) is 5.31. The minimum atomic E-state index is -1.32. The van der Waals surface area contributed by atoms with Crippen LogP contribution in [0.1, 0.15) is 26.3 Å². The smallest absolute Gasteiger partial charge is 0.251 e. The molecule has 33 heavy (non-hydrogen) atoms. The highest BCUT2D eigenvalue weighted by Crippen LogP contribution is 2.30. The predicted octanol–water partition coefficient (Wildman–Crippen LogP) is 4.46. The normalized spacial score (nSPS) is 11.1. The van der Waals surface area contributed by atoms with Crippen LogP contribution in [0.5, 0.6) is 0 Å². The van der Waals surface area contributed by atoms with E-state index in [2.05, 4.69) is 20.3 Å². The zero-order chi connectivity index (χ0) is 23.1. The third-order valence-corrected chi connectivity index (χ3v) is 5.31. The van der Waals surface area contributed by atoms with Gasteiger partial charge in [0.2, 0.25) is 5.78 Å². The summed E-state index contributed by atoms with van der Waals surface area (Å²) in [4.78, 5) is 35.8. The SMILES string of the molecule is NC(=O)c1ccc(F)c(C(=O)c2c[nH]c3ncnc(Nc4ccc5ccccc5c4)c23)c1F. The number of hydrogen-bond acceptors (Lipinski definition) is 5. The van der Waals surface area contributed by atoms with E-state index < -0.39 is 34.5 Å². The molecule has 162 valence electrons. The average Bonchev–Trinajstić information content (AvgIpc) is 3.24. The molecular formula is C24H15F2N5O2. The molecule has 0 aliphatic carbocycles. The van der Waals surface area contributed by atoms with Crippen LogP contribution in [-0.2, 0) is 0 Å². The summed E-state index contributed by atoms with van der Waals surface area (Å²) in [6.45, 7) is 0. The Morgan fingerprint density at radius 3 is 2.52 bits per heavy atom. The fourth-order valence-electron chi connectivity index (χ4n) is 3.73. The van der Waals surface area contributed by atoms with E-state index in [1.807, 2.05) is 42.5 Å². The van der Waals surface area contributed by atoms with Crippen LogP contribution in [0.4, 0.5) is 20.3 Å². The monoisotopic (exact) mass is 443 g/mol. The molecule has 4 N–H and O–H groups in total. The Balaban J connectivity index is 1.62. The lowest BCUT2D eigenvalue weighted by atomic mass is 9.99. The number of nitrogens with two attached hydrogens (primary N) is 1. The first-order valence-electron chi connectivity index (χ1n) is 9.84. The molecular weight excluding hydrogens is 428 g/mol. The minimum absolute atomic E-state index is 0.0618. The van der Waals surface area contributed by atoms with E-state index >= 15 is 0 Å². The molecule has 0 spiro atoms. The van der Waals surface area contributed by atoms with Gasteiger partial charge >= 0.3 is 0 Å². The van der Waals surface area contributed by atoms with Crippen molar-refractivity contribution in [2.45, 2.75) is 0 Å². The molecule has 2 aromatic heterocycles. The average molecular weight is 443 g/mol. The van der Waals surface area contributed by atoms with Crippen molar-refractivity contribution in [3.8, 4) is 0 Å². The van der Waals surface area contributed by atoms with Crippen molar-refractivity contribution >= 4 is 45.0 Å². The van der Waals surface area contributed by atoms with Gasteiger partial charge in [0.15, 0.2) is 0 Å². The maximum Gasteiger partial charge on any atom is 0.251 e. The number of aromatic amines is 1. The Bertz CT molecular complexity index is 1580. The predicted molar refractivity (Wildman–Crippen MR) is 119 cm³/mol. The second-order valence-electron chi connectivity index (χ2n) is 7.31. The molecule has 0 aliphatic rings. The Morgan fingerprint density at radius 1 is 0.939 bits per heavy atom. The lowest BCUT2D eigenvalue weighted by molar-refractivity contribution is 0.0996. The van der Waals surface area contributed by atoms with Gasteiger partial charge < -0.3 is 16.0 Å². The number of fused-ring (bicyclic) bond motifs is 2. The Labute approximate surface area is 185 Å². The number of nitrogens with one attached hydrogen (secondary N) is 2. The van der Waals surface area contributed by atoms with Crippen LogP contribution in [-0.4, -0.2) is 26.6 Å². The summed E-state index contributed by atoms with van der Waals surface area (Å²) in [5, 5.41) is 5.44. The van der Waals surface area contributed by atoms with Crippen LogP contribution in [0.25, 0.3) is 21.8 Å². The van der Waals surface area contributed by atoms with Gasteiger partial charge in [-0.1, -0.05) is 30.3 Å². The van der Waals surface area contributed by atoms with Gasteiger partial charge in [-0.05, 0) is 35.0 Å². The highest BCUT2D eigenvalue weighted by Gasteiger charge is 2.27. The highest BCUT2D eigenvalue weighted by atomic mass is 19.1. The van der Waals surface area contributed by atoms with Crippen LogP contribution < -0.4 is 11.1 Å². The first kappa shape index (κ1) is 20.3. The zero-order valence-electron chi connectivity index (χ0n) is 16.9. The Hall–Kier alpha value is -4.66. The molecule has 2 heterocycles. The first-order valence-corrected chi connectivity index (χ1v) is 9.84. The van der Waals surface area contributed by atoms with Crippen molar-refractivity contribution in [2.75, 3.05) is 5.32 Å². The quantitative estimate of drug-likeness (QED) is 0.347. The number of H-pyrrole nitrogens is 1. The number of halogens is 2. The van der Waals surface area contributed by atoms with Crippen molar-refractivity contribution in [3.63, 3.8) is 0 Å². The van der Waals surface area contributed by atoms with Crippen LogP contribution in [0, 0.1) is 11.6 Å². The van der Waals surface area contributed by atoms with E-state index in [0.29, 0.717) is 11.3 Å². The molecule has 1 amide bonds. The summed E-state index contributed by atoms with van der Waals surface area (Å²) in [6.07, 6.45) is 2.59. The molecule has 5 rings (SSSR count). The fourth-order valence-corrected chi connectivity index (χ4v) is 3.73. The lowest BCUT2D eigenvalue weighted by Gasteiger charge is -2.10. The van der Waals surface area contributed by atoms with E-state index in [0.717, 1.165) is 22.9 Å². The Morgan fingerprint density at radius 2 is 1.73 bits per heavy atom.